The van der Waals surface area contributed by atoms with E-state index < -0.39 is 5.60 Å². The van der Waals surface area contributed by atoms with Gasteiger partial charge in [0.05, 0.1) is 11.3 Å². The third-order valence-corrected chi connectivity index (χ3v) is 4.72. The molecule has 1 aromatic rings. The molecule has 0 amide bonds. The van der Waals surface area contributed by atoms with Crippen LogP contribution in [0.25, 0.3) is 0 Å². The lowest BCUT2D eigenvalue weighted by molar-refractivity contribution is -0.149. The molecule has 2 saturated heterocycles. The Kier molecular flexibility index (Phi) is 2.96. The highest BCUT2D eigenvalue weighted by molar-refractivity contribution is 5.90. The number of esters is 2. The van der Waals surface area contributed by atoms with Gasteiger partial charge in [0.15, 0.2) is 5.60 Å². The summed E-state index contributed by atoms with van der Waals surface area (Å²) in [6.45, 7) is 1.03. The molecule has 0 bridgehead atoms. The second-order valence-corrected chi connectivity index (χ2v) is 6.08. The zero-order valence-corrected chi connectivity index (χ0v) is 12.2. The quantitative estimate of drug-likeness (QED) is 0.798. The van der Waals surface area contributed by atoms with Crippen LogP contribution in [0.2, 0.25) is 0 Å². The summed E-state index contributed by atoms with van der Waals surface area (Å²) in [5.74, 6) is -0.722. The van der Waals surface area contributed by atoms with Gasteiger partial charge in [-0.1, -0.05) is 18.2 Å². The van der Waals surface area contributed by atoms with Crippen molar-refractivity contribution < 1.29 is 19.1 Å². The lowest BCUT2D eigenvalue weighted by Gasteiger charge is -2.26. The van der Waals surface area contributed by atoms with Crippen LogP contribution >= 0.6 is 0 Å². The Morgan fingerprint density at radius 3 is 3.00 bits per heavy atom. The molecule has 0 radical (unpaired) electrons. The second kappa shape index (κ2) is 4.87. The molecule has 0 aromatic heterocycles. The third kappa shape index (κ3) is 2.00. The zero-order chi connectivity index (χ0) is 15.2. The molecule has 0 aliphatic carbocycles. The maximum Gasteiger partial charge on any atom is 0.338 e. The van der Waals surface area contributed by atoms with Crippen molar-refractivity contribution in [2.45, 2.75) is 30.9 Å². The molecular formula is C17H17NO4. The van der Waals surface area contributed by atoms with Crippen molar-refractivity contribution in [2.24, 2.45) is 0 Å². The number of carbonyl (C=O) groups excluding carboxylic acids is 2. The van der Waals surface area contributed by atoms with Gasteiger partial charge in [-0.3, -0.25) is 0 Å². The zero-order valence-electron chi connectivity index (χ0n) is 12.2. The van der Waals surface area contributed by atoms with Crippen molar-refractivity contribution >= 4 is 11.9 Å². The number of hydrogen-bond donors (Lipinski definition) is 0. The van der Waals surface area contributed by atoms with Crippen LogP contribution in [0, 0.1) is 0 Å². The minimum atomic E-state index is -0.771. The topological polar surface area (TPSA) is 55.8 Å². The standard InChI is InChI=1S/C17H17NO4/c19-15-9-14-17(22-15,10-13-7-4-8-18(13)14)11-21-16(20)12-5-2-1-3-6-12/h1-3,5-6,9,13H,4,7-8,10-11H2/t13-,17?/m1/s1. The van der Waals surface area contributed by atoms with Crippen LogP contribution in [0.5, 0.6) is 0 Å². The number of fused-ring (bicyclic) bond motifs is 3. The Hall–Kier alpha value is -2.30. The number of nitrogens with zero attached hydrogens (tertiary/aromatic N) is 1. The Bertz CT molecular complexity index is 654. The van der Waals surface area contributed by atoms with Gasteiger partial charge in [0, 0.05) is 25.1 Å². The van der Waals surface area contributed by atoms with Gasteiger partial charge in [-0.15, -0.1) is 0 Å². The molecule has 3 heterocycles. The van der Waals surface area contributed by atoms with Gasteiger partial charge in [-0.2, -0.15) is 0 Å². The molecule has 1 aromatic carbocycles. The van der Waals surface area contributed by atoms with Gasteiger partial charge >= 0.3 is 11.9 Å². The second-order valence-electron chi connectivity index (χ2n) is 6.08. The van der Waals surface area contributed by atoms with Crippen molar-refractivity contribution in [3.05, 3.63) is 47.7 Å². The molecule has 3 aliphatic rings. The highest BCUT2D eigenvalue weighted by atomic mass is 16.6. The summed E-state index contributed by atoms with van der Waals surface area (Å²) in [5.41, 5.74) is 0.625. The fourth-order valence-electron chi connectivity index (χ4n) is 3.76. The van der Waals surface area contributed by atoms with Gasteiger partial charge in [-0.05, 0) is 25.0 Å². The van der Waals surface area contributed by atoms with Crippen LogP contribution in [0.3, 0.4) is 0 Å². The van der Waals surface area contributed by atoms with Crippen molar-refractivity contribution in [3.63, 3.8) is 0 Å². The summed E-state index contributed by atoms with van der Waals surface area (Å²) < 4.78 is 11.0. The van der Waals surface area contributed by atoms with Gasteiger partial charge in [0.1, 0.15) is 6.61 Å². The average Bonchev–Trinajstić information content (AvgIpc) is 3.15. The fourth-order valence-corrected chi connectivity index (χ4v) is 3.76. The van der Waals surface area contributed by atoms with Gasteiger partial charge in [-0.25, -0.2) is 9.59 Å². The normalized spacial score (nSPS) is 28.9. The molecule has 2 fully saturated rings. The minimum absolute atomic E-state index is 0.0886. The van der Waals surface area contributed by atoms with E-state index in [1.54, 1.807) is 30.3 Å². The van der Waals surface area contributed by atoms with Crippen LogP contribution in [0.15, 0.2) is 42.1 Å². The van der Waals surface area contributed by atoms with E-state index in [2.05, 4.69) is 4.90 Å². The van der Waals surface area contributed by atoms with Crippen molar-refractivity contribution in [3.8, 4) is 0 Å². The Morgan fingerprint density at radius 2 is 2.18 bits per heavy atom. The van der Waals surface area contributed by atoms with Crippen LogP contribution < -0.4 is 0 Å². The first kappa shape index (κ1) is 13.4. The molecule has 5 nitrogen and oxygen atoms in total. The third-order valence-electron chi connectivity index (χ3n) is 4.72. The number of benzene rings is 1. The smallest absolute Gasteiger partial charge is 0.338 e. The number of hydrogen-bond acceptors (Lipinski definition) is 5. The van der Waals surface area contributed by atoms with Crippen LogP contribution in [0.4, 0.5) is 0 Å². The highest BCUT2D eigenvalue weighted by Crippen LogP contribution is 2.47. The molecule has 5 heteroatoms. The molecule has 1 unspecified atom stereocenters. The molecule has 22 heavy (non-hydrogen) atoms. The maximum absolute atomic E-state index is 12.1. The van der Waals surface area contributed by atoms with Gasteiger partial charge < -0.3 is 14.4 Å². The first-order valence-electron chi connectivity index (χ1n) is 7.62. The molecule has 3 aliphatic heterocycles. The number of rotatable bonds is 3. The van der Waals surface area contributed by atoms with E-state index in [4.69, 9.17) is 9.47 Å². The number of carbonyl (C=O) groups is 2. The summed E-state index contributed by atoms with van der Waals surface area (Å²) >= 11 is 0. The summed E-state index contributed by atoms with van der Waals surface area (Å²) in [7, 11) is 0. The van der Waals surface area contributed by atoms with Crippen molar-refractivity contribution in [1.29, 1.82) is 0 Å². The van der Waals surface area contributed by atoms with E-state index in [1.165, 1.54) is 0 Å². The van der Waals surface area contributed by atoms with E-state index in [9.17, 15) is 9.59 Å². The molecule has 0 saturated carbocycles. The molecule has 2 atom stereocenters. The SMILES string of the molecule is O=C1C=C2N3CCC[C@@H]3CC2(COC(=O)c2ccccc2)O1. The summed E-state index contributed by atoms with van der Waals surface area (Å²) in [6.07, 6.45) is 4.51. The van der Waals surface area contributed by atoms with E-state index in [-0.39, 0.29) is 18.5 Å². The fraction of sp³-hybridized carbons (Fsp3) is 0.412. The predicted molar refractivity (Wildman–Crippen MR) is 78.0 cm³/mol. The van der Waals surface area contributed by atoms with E-state index in [0.717, 1.165) is 25.1 Å². The van der Waals surface area contributed by atoms with Crippen molar-refractivity contribution in [2.75, 3.05) is 13.2 Å². The van der Waals surface area contributed by atoms with E-state index in [0.29, 0.717) is 18.0 Å². The average molecular weight is 299 g/mol. The maximum atomic E-state index is 12.1. The predicted octanol–water partition coefficient (Wildman–Crippen LogP) is 1.89. The van der Waals surface area contributed by atoms with Gasteiger partial charge in [0.25, 0.3) is 0 Å². The first-order valence-corrected chi connectivity index (χ1v) is 7.62. The van der Waals surface area contributed by atoms with Crippen LogP contribution in [-0.2, 0) is 14.3 Å². The Morgan fingerprint density at radius 1 is 1.36 bits per heavy atom. The van der Waals surface area contributed by atoms with Crippen LogP contribution in [0.1, 0.15) is 29.6 Å². The minimum Gasteiger partial charge on any atom is -0.457 e. The lowest BCUT2D eigenvalue weighted by Crippen LogP contribution is -2.37. The lowest BCUT2D eigenvalue weighted by atomic mass is 9.97. The summed E-state index contributed by atoms with van der Waals surface area (Å²) in [6, 6.07) is 9.26. The van der Waals surface area contributed by atoms with E-state index >= 15 is 0 Å². The molecule has 4 rings (SSSR count). The molecular weight excluding hydrogens is 282 g/mol. The van der Waals surface area contributed by atoms with Crippen LogP contribution in [-0.4, -0.2) is 41.6 Å². The first-order chi connectivity index (χ1) is 10.7. The van der Waals surface area contributed by atoms with Crippen molar-refractivity contribution in [1.82, 2.24) is 4.90 Å². The number of ether oxygens (including phenoxy) is 2. The monoisotopic (exact) mass is 299 g/mol. The molecule has 114 valence electrons. The molecule has 0 spiro atoms. The highest BCUT2D eigenvalue weighted by Gasteiger charge is 2.56. The summed E-state index contributed by atoms with van der Waals surface area (Å²) in [4.78, 5) is 26.1. The Balaban J connectivity index is 1.51. The largest absolute Gasteiger partial charge is 0.457 e. The summed E-state index contributed by atoms with van der Waals surface area (Å²) in [5, 5.41) is 0. The molecule has 0 N–H and O–H groups in total. The van der Waals surface area contributed by atoms with E-state index in [1.807, 2.05) is 6.07 Å². The Labute approximate surface area is 128 Å². The van der Waals surface area contributed by atoms with Gasteiger partial charge in [0.2, 0.25) is 0 Å².